The van der Waals surface area contributed by atoms with Crippen LogP contribution in [-0.4, -0.2) is 52.3 Å². The van der Waals surface area contributed by atoms with E-state index in [4.69, 9.17) is 0 Å². The van der Waals surface area contributed by atoms with Gasteiger partial charge in [0.1, 0.15) is 0 Å². The average Bonchev–Trinajstić information content (AvgIpc) is 2.52. The summed E-state index contributed by atoms with van der Waals surface area (Å²) in [4.78, 5) is 24.8. The Labute approximate surface area is 120 Å². The van der Waals surface area contributed by atoms with E-state index >= 15 is 0 Å². The number of urea groups is 1. The molecule has 3 N–H and O–H groups in total. The minimum atomic E-state index is -0.970. The fraction of sp³-hybridized carbons (Fsp3) is 0.857. The van der Waals surface area contributed by atoms with Crippen molar-refractivity contribution in [2.75, 3.05) is 13.6 Å². The number of carboxylic acid groups (broad SMARTS) is 1. The van der Waals surface area contributed by atoms with Gasteiger partial charge in [-0.25, -0.2) is 4.79 Å². The second kappa shape index (κ2) is 6.92. The van der Waals surface area contributed by atoms with E-state index in [1.165, 1.54) is 4.90 Å². The molecule has 1 aliphatic rings. The molecule has 2 amide bonds. The second-order valence-electron chi connectivity index (χ2n) is 6.31. The molecule has 20 heavy (non-hydrogen) atoms. The summed E-state index contributed by atoms with van der Waals surface area (Å²) in [6, 6.07) is -0.656. The molecule has 0 saturated heterocycles. The van der Waals surface area contributed by atoms with Gasteiger partial charge in [-0.15, -0.1) is 0 Å². The van der Waals surface area contributed by atoms with Crippen molar-refractivity contribution in [3.8, 4) is 0 Å². The molecule has 0 aliphatic heterocycles. The van der Waals surface area contributed by atoms with E-state index in [0.717, 1.165) is 19.3 Å². The van der Waals surface area contributed by atoms with Gasteiger partial charge in [0, 0.05) is 13.1 Å². The molecule has 0 bridgehead atoms. The lowest BCUT2D eigenvalue weighted by Gasteiger charge is -2.29. The summed E-state index contributed by atoms with van der Waals surface area (Å²) in [5.74, 6) is -1.36. The maximum Gasteiger partial charge on any atom is 0.317 e. The van der Waals surface area contributed by atoms with E-state index in [-0.39, 0.29) is 18.6 Å². The summed E-state index contributed by atoms with van der Waals surface area (Å²) in [6.45, 7) is 3.45. The van der Waals surface area contributed by atoms with Gasteiger partial charge in [0.2, 0.25) is 0 Å². The van der Waals surface area contributed by atoms with Gasteiger partial charge in [0.25, 0.3) is 0 Å². The van der Waals surface area contributed by atoms with Crippen LogP contribution in [0.2, 0.25) is 0 Å². The second-order valence-corrected chi connectivity index (χ2v) is 6.31. The van der Waals surface area contributed by atoms with E-state index in [1.807, 2.05) is 0 Å². The van der Waals surface area contributed by atoms with E-state index < -0.39 is 17.5 Å². The Bertz CT molecular complexity index is 352. The molecule has 1 fully saturated rings. The predicted molar refractivity (Wildman–Crippen MR) is 75.5 cm³/mol. The Morgan fingerprint density at radius 2 is 1.85 bits per heavy atom. The zero-order valence-corrected chi connectivity index (χ0v) is 12.6. The molecule has 2 unspecified atom stereocenters. The van der Waals surface area contributed by atoms with Crippen LogP contribution in [0.4, 0.5) is 4.79 Å². The third kappa shape index (κ3) is 5.36. The van der Waals surface area contributed by atoms with Crippen LogP contribution in [0.15, 0.2) is 0 Å². The minimum absolute atomic E-state index is 0.198. The van der Waals surface area contributed by atoms with E-state index in [9.17, 15) is 19.8 Å². The van der Waals surface area contributed by atoms with Crippen molar-refractivity contribution in [1.29, 1.82) is 0 Å². The summed E-state index contributed by atoms with van der Waals surface area (Å²) >= 11 is 0. The van der Waals surface area contributed by atoms with Crippen molar-refractivity contribution in [2.45, 2.75) is 57.6 Å². The largest absolute Gasteiger partial charge is 0.481 e. The number of amides is 2. The highest BCUT2D eigenvalue weighted by Gasteiger charge is 2.31. The lowest BCUT2D eigenvalue weighted by atomic mass is 9.95. The number of rotatable bonds is 4. The first-order chi connectivity index (χ1) is 9.20. The molecule has 116 valence electrons. The van der Waals surface area contributed by atoms with Crippen LogP contribution in [0.3, 0.4) is 0 Å². The van der Waals surface area contributed by atoms with Crippen LogP contribution in [0.5, 0.6) is 0 Å². The Kier molecular flexibility index (Phi) is 5.80. The molecular weight excluding hydrogens is 260 g/mol. The van der Waals surface area contributed by atoms with Crippen molar-refractivity contribution >= 4 is 12.0 Å². The van der Waals surface area contributed by atoms with Gasteiger partial charge in [0.05, 0.1) is 18.1 Å². The highest BCUT2D eigenvalue weighted by molar-refractivity contribution is 5.76. The molecule has 6 heteroatoms. The number of carbonyl (C=O) groups excluding carboxylic acids is 1. The smallest absolute Gasteiger partial charge is 0.317 e. The van der Waals surface area contributed by atoms with Crippen molar-refractivity contribution < 1.29 is 19.8 Å². The number of likely N-dealkylation sites (N-methyl/N-ethyl adjacent to an activating group) is 1. The van der Waals surface area contributed by atoms with Crippen molar-refractivity contribution in [1.82, 2.24) is 10.2 Å². The van der Waals surface area contributed by atoms with Crippen LogP contribution < -0.4 is 5.32 Å². The zero-order valence-electron chi connectivity index (χ0n) is 12.6. The number of nitrogens with zero attached hydrogens (tertiary/aromatic N) is 1. The molecule has 1 aliphatic carbocycles. The van der Waals surface area contributed by atoms with E-state index in [1.54, 1.807) is 20.9 Å². The van der Waals surface area contributed by atoms with Crippen LogP contribution >= 0.6 is 0 Å². The summed E-state index contributed by atoms with van der Waals surface area (Å²) in [7, 11) is 1.60. The van der Waals surface area contributed by atoms with Crippen LogP contribution in [0, 0.1) is 5.92 Å². The SMILES string of the molecule is CN(CC(C)(C)O)C(=O)NC1CCCCCC1C(=O)O. The van der Waals surface area contributed by atoms with Crippen molar-refractivity contribution in [3.63, 3.8) is 0 Å². The fourth-order valence-corrected chi connectivity index (χ4v) is 2.70. The van der Waals surface area contributed by atoms with Crippen LogP contribution in [-0.2, 0) is 4.79 Å². The Morgan fingerprint density at radius 1 is 1.25 bits per heavy atom. The third-order valence-corrected chi connectivity index (χ3v) is 3.61. The van der Waals surface area contributed by atoms with E-state index in [0.29, 0.717) is 12.8 Å². The monoisotopic (exact) mass is 286 g/mol. The molecule has 6 nitrogen and oxygen atoms in total. The Morgan fingerprint density at radius 3 is 2.40 bits per heavy atom. The van der Waals surface area contributed by atoms with Crippen LogP contribution in [0.25, 0.3) is 0 Å². The van der Waals surface area contributed by atoms with Crippen molar-refractivity contribution in [2.24, 2.45) is 5.92 Å². The van der Waals surface area contributed by atoms with Crippen molar-refractivity contribution in [3.05, 3.63) is 0 Å². The fourth-order valence-electron chi connectivity index (χ4n) is 2.70. The lowest BCUT2D eigenvalue weighted by Crippen LogP contribution is -2.50. The third-order valence-electron chi connectivity index (χ3n) is 3.61. The van der Waals surface area contributed by atoms with Gasteiger partial charge in [-0.05, 0) is 26.7 Å². The number of hydrogen-bond donors (Lipinski definition) is 3. The maximum absolute atomic E-state index is 12.1. The van der Waals surface area contributed by atoms with Gasteiger partial charge in [-0.3, -0.25) is 4.79 Å². The summed E-state index contributed by atoms with van der Waals surface area (Å²) in [5.41, 5.74) is -0.970. The number of carboxylic acids is 1. The Hall–Kier alpha value is -1.30. The molecule has 2 atom stereocenters. The standard InChI is InChI=1S/C14H26N2O4/c1-14(2,20)9-16(3)13(19)15-11-8-6-4-5-7-10(11)12(17)18/h10-11,20H,4-9H2,1-3H3,(H,15,19)(H,17,18). The lowest BCUT2D eigenvalue weighted by molar-refractivity contribution is -0.142. The molecule has 0 heterocycles. The number of aliphatic hydroxyl groups is 1. The number of carbonyl (C=O) groups is 2. The highest BCUT2D eigenvalue weighted by Crippen LogP contribution is 2.24. The van der Waals surface area contributed by atoms with Gasteiger partial charge >= 0.3 is 12.0 Å². The number of nitrogens with one attached hydrogen (secondary N) is 1. The first-order valence-electron chi connectivity index (χ1n) is 7.17. The van der Waals surface area contributed by atoms with Gasteiger partial charge < -0.3 is 20.4 Å². The molecule has 0 radical (unpaired) electrons. The normalized spacial score (nSPS) is 23.8. The highest BCUT2D eigenvalue weighted by atomic mass is 16.4. The molecular formula is C14H26N2O4. The van der Waals surface area contributed by atoms with Crippen LogP contribution in [0.1, 0.15) is 46.0 Å². The van der Waals surface area contributed by atoms with Gasteiger partial charge in [0.15, 0.2) is 0 Å². The van der Waals surface area contributed by atoms with Gasteiger partial charge in [-0.1, -0.05) is 19.3 Å². The molecule has 0 aromatic heterocycles. The summed E-state index contributed by atoms with van der Waals surface area (Å²) in [6.07, 6.45) is 4.14. The minimum Gasteiger partial charge on any atom is -0.481 e. The molecule has 0 aromatic carbocycles. The van der Waals surface area contributed by atoms with Gasteiger partial charge in [-0.2, -0.15) is 0 Å². The first-order valence-corrected chi connectivity index (χ1v) is 7.17. The number of aliphatic carboxylic acids is 1. The molecule has 0 aromatic rings. The predicted octanol–water partition coefficient (Wildman–Crippen LogP) is 1.43. The summed E-state index contributed by atoms with van der Waals surface area (Å²) < 4.78 is 0. The topological polar surface area (TPSA) is 89.9 Å². The molecule has 0 spiro atoms. The summed E-state index contributed by atoms with van der Waals surface area (Å²) in [5, 5.41) is 21.8. The van der Waals surface area contributed by atoms with E-state index in [2.05, 4.69) is 5.32 Å². The maximum atomic E-state index is 12.1. The quantitative estimate of drug-likeness (QED) is 0.682. The zero-order chi connectivity index (χ0) is 15.3. The Balaban J connectivity index is 2.63. The molecule has 1 saturated carbocycles. The first kappa shape index (κ1) is 16.8. The molecule has 1 rings (SSSR count). The number of hydrogen-bond acceptors (Lipinski definition) is 3. The average molecular weight is 286 g/mol.